The molecule has 0 aliphatic carbocycles. The Balaban J connectivity index is 1.59. The number of hydrogen-bond donors (Lipinski definition) is 0. The third-order valence-electron chi connectivity index (χ3n) is 3.60. The number of hydrogen-bond acceptors (Lipinski definition) is 5. The van der Waals surface area contributed by atoms with Crippen LogP contribution in [0.4, 0.5) is 0 Å². The first-order chi connectivity index (χ1) is 10.1. The highest BCUT2D eigenvalue weighted by molar-refractivity contribution is 8.14. The topological polar surface area (TPSA) is 48.8 Å². The van der Waals surface area contributed by atoms with Crippen molar-refractivity contribution < 1.29 is 4.79 Å². The predicted octanol–water partition coefficient (Wildman–Crippen LogP) is 1.98. The molecule has 1 aromatic heterocycles. The molecule has 0 radical (unpaired) electrons. The Morgan fingerprint density at radius 1 is 1.38 bits per heavy atom. The number of carbonyl (C=O) groups is 1. The third-order valence-corrected chi connectivity index (χ3v) is 4.96. The SMILES string of the molecule is C[C@@H]1CN=C(N2CCN(C(=O)c3ccnc(Cl)c3)CC2)S1. The van der Waals surface area contributed by atoms with E-state index in [2.05, 4.69) is 21.8 Å². The molecular formula is C14H17ClN4OS. The van der Waals surface area contributed by atoms with E-state index >= 15 is 0 Å². The van der Waals surface area contributed by atoms with E-state index in [1.54, 1.807) is 18.3 Å². The molecule has 0 bridgehead atoms. The van der Waals surface area contributed by atoms with Crippen molar-refractivity contribution in [2.45, 2.75) is 12.2 Å². The fourth-order valence-corrected chi connectivity index (χ4v) is 3.62. The van der Waals surface area contributed by atoms with Gasteiger partial charge in [0.15, 0.2) is 5.17 Å². The molecule has 0 spiro atoms. The fraction of sp³-hybridized carbons (Fsp3) is 0.500. The molecule has 3 heterocycles. The van der Waals surface area contributed by atoms with E-state index in [0.29, 0.717) is 29.1 Å². The first-order valence-electron chi connectivity index (χ1n) is 7.00. The molecule has 0 unspecified atom stereocenters. The van der Waals surface area contributed by atoms with Crippen molar-refractivity contribution in [2.24, 2.45) is 4.99 Å². The maximum atomic E-state index is 12.4. The smallest absolute Gasteiger partial charge is 0.254 e. The summed E-state index contributed by atoms with van der Waals surface area (Å²) in [6.07, 6.45) is 1.57. The van der Waals surface area contributed by atoms with Crippen LogP contribution in [0.15, 0.2) is 23.3 Å². The number of aromatic nitrogens is 1. The van der Waals surface area contributed by atoms with E-state index in [4.69, 9.17) is 11.6 Å². The van der Waals surface area contributed by atoms with Gasteiger partial charge in [-0.05, 0) is 12.1 Å². The molecule has 0 N–H and O–H groups in total. The van der Waals surface area contributed by atoms with Crippen molar-refractivity contribution in [1.29, 1.82) is 0 Å². The molecule has 1 fully saturated rings. The van der Waals surface area contributed by atoms with Crippen LogP contribution in [-0.2, 0) is 0 Å². The first-order valence-corrected chi connectivity index (χ1v) is 8.26. The number of halogens is 1. The number of amidine groups is 1. The maximum absolute atomic E-state index is 12.4. The Morgan fingerprint density at radius 2 is 2.14 bits per heavy atom. The van der Waals surface area contributed by atoms with Crippen molar-refractivity contribution in [3.63, 3.8) is 0 Å². The number of aliphatic imine (C=N–C) groups is 1. The highest BCUT2D eigenvalue weighted by Crippen LogP contribution is 2.24. The van der Waals surface area contributed by atoms with E-state index in [9.17, 15) is 4.79 Å². The van der Waals surface area contributed by atoms with E-state index in [1.807, 2.05) is 16.7 Å². The van der Waals surface area contributed by atoms with Crippen molar-refractivity contribution >= 4 is 34.4 Å². The van der Waals surface area contributed by atoms with Crippen LogP contribution in [0.25, 0.3) is 0 Å². The monoisotopic (exact) mass is 324 g/mol. The number of piperazine rings is 1. The predicted molar refractivity (Wildman–Crippen MR) is 86.1 cm³/mol. The number of pyridine rings is 1. The van der Waals surface area contributed by atoms with E-state index < -0.39 is 0 Å². The zero-order chi connectivity index (χ0) is 14.8. The van der Waals surface area contributed by atoms with Gasteiger partial charge in [-0.2, -0.15) is 0 Å². The molecular weight excluding hydrogens is 308 g/mol. The standard InChI is InChI=1S/C14H17ClN4OS/c1-10-9-17-14(21-10)19-6-4-18(5-7-19)13(20)11-2-3-16-12(15)8-11/h2-3,8,10H,4-7,9H2,1H3/t10-/m1/s1. The van der Waals surface area contributed by atoms with Gasteiger partial charge in [-0.15, -0.1) is 0 Å². The van der Waals surface area contributed by atoms with Crippen LogP contribution >= 0.6 is 23.4 Å². The summed E-state index contributed by atoms with van der Waals surface area (Å²) >= 11 is 7.67. The second kappa shape index (κ2) is 6.23. The minimum atomic E-state index is 0.0216. The summed E-state index contributed by atoms with van der Waals surface area (Å²) in [6, 6.07) is 3.33. The lowest BCUT2D eigenvalue weighted by atomic mass is 10.2. The van der Waals surface area contributed by atoms with Crippen LogP contribution in [0, 0.1) is 0 Å². The summed E-state index contributed by atoms with van der Waals surface area (Å²) in [5.74, 6) is 0.0216. The third kappa shape index (κ3) is 3.32. The second-order valence-corrected chi connectivity index (χ2v) is 6.99. The summed E-state index contributed by atoms with van der Waals surface area (Å²) in [5.41, 5.74) is 0.602. The lowest BCUT2D eigenvalue weighted by molar-refractivity contribution is 0.0693. The lowest BCUT2D eigenvalue weighted by Crippen LogP contribution is -2.49. The number of rotatable bonds is 1. The zero-order valence-electron chi connectivity index (χ0n) is 11.8. The fourth-order valence-electron chi connectivity index (χ4n) is 2.45. The summed E-state index contributed by atoms with van der Waals surface area (Å²) < 4.78 is 0. The number of thioether (sulfide) groups is 1. The Bertz CT molecular complexity index is 572. The molecule has 7 heteroatoms. The number of nitrogens with zero attached hydrogens (tertiary/aromatic N) is 4. The van der Waals surface area contributed by atoms with Crippen LogP contribution in [0.2, 0.25) is 5.15 Å². The summed E-state index contributed by atoms with van der Waals surface area (Å²) in [6.45, 7) is 6.19. The quantitative estimate of drug-likeness (QED) is 0.741. The first kappa shape index (κ1) is 14.7. The van der Waals surface area contributed by atoms with Gasteiger partial charge in [-0.25, -0.2) is 4.98 Å². The minimum absolute atomic E-state index is 0.0216. The van der Waals surface area contributed by atoms with Crippen molar-refractivity contribution in [2.75, 3.05) is 32.7 Å². The zero-order valence-corrected chi connectivity index (χ0v) is 13.4. The Labute approximate surface area is 133 Å². The summed E-state index contributed by atoms with van der Waals surface area (Å²) in [7, 11) is 0. The van der Waals surface area contributed by atoms with E-state index in [-0.39, 0.29) is 5.91 Å². The van der Waals surface area contributed by atoms with Gasteiger partial charge in [0.1, 0.15) is 5.15 Å². The van der Waals surface area contributed by atoms with Gasteiger partial charge < -0.3 is 9.80 Å². The average Bonchev–Trinajstić information content (AvgIpc) is 2.93. The Hall–Kier alpha value is -1.27. The minimum Gasteiger partial charge on any atom is -0.348 e. The molecule has 2 aliphatic rings. The molecule has 21 heavy (non-hydrogen) atoms. The molecule has 0 aromatic carbocycles. The molecule has 1 saturated heterocycles. The molecule has 5 nitrogen and oxygen atoms in total. The normalized spacial score (nSPS) is 22.4. The van der Waals surface area contributed by atoms with Crippen molar-refractivity contribution in [3.8, 4) is 0 Å². The molecule has 2 aliphatic heterocycles. The molecule has 1 aromatic rings. The molecule has 3 rings (SSSR count). The highest BCUT2D eigenvalue weighted by atomic mass is 35.5. The Morgan fingerprint density at radius 3 is 2.76 bits per heavy atom. The maximum Gasteiger partial charge on any atom is 0.254 e. The van der Waals surface area contributed by atoms with Crippen LogP contribution in [0.1, 0.15) is 17.3 Å². The van der Waals surface area contributed by atoms with E-state index in [0.717, 1.165) is 24.8 Å². The summed E-state index contributed by atoms with van der Waals surface area (Å²) in [5, 5.41) is 2.05. The van der Waals surface area contributed by atoms with Gasteiger partial charge in [-0.1, -0.05) is 30.3 Å². The van der Waals surface area contributed by atoms with Crippen LogP contribution in [0.3, 0.4) is 0 Å². The molecule has 0 saturated carbocycles. The largest absolute Gasteiger partial charge is 0.348 e. The molecule has 1 amide bonds. The van der Waals surface area contributed by atoms with Gasteiger partial charge in [0, 0.05) is 43.2 Å². The number of amides is 1. The second-order valence-electron chi connectivity index (χ2n) is 5.20. The van der Waals surface area contributed by atoms with Crippen LogP contribution < -0.4 is 0 Å². The highest BCUT2D eigenvalue weighted by Gasteiger charge is 2.27. The van der Waals surface area contributed by atoms with Gasteiger partial charge >= 0.3 is 0 Å². The number of carbonyl (C=O) groups excluding carboxylic acids is 1. The average molecular weight is 325 g/mol. The van der Waals surface area contributed by atoms with Crippen LogP contribution in [0.5, 0.6) is 0 Å². The van der Waals surface area contributed by atoms with Crippen molar-refractivity contribution in [1.82, 2.24) is 14.8 Å². The van der Waals surface area contributed by atoms with Gasteiger partial charge in [0.05, 0.1) is 6.54 Å². The van der Waals surface area contributed by atoms with Crippen LogP contribution in [-0.4, -0.2) is 63.8 Å². The summed E-state index contributed by atoms with van der Waals surface area (Å²) in [4.78, 5) is 25.0. The lowest BCUT2D eigenvalue weighted by Gasteiger charge is -2.35. The van der Waals surface area contributed by atoms with Gasteiger partial charge in [-0.3, -0.25) is 9.79 Å². The van der Waals surface area contributed by atoms with Gasteiger partial charge in [0.25, 0.3) is 5.91 Å². The van der Waals surface area contributed by atoms with E-state index in [1.165, 1.54) is 0 Å². The Kier molecular flexibility index (Phi) is 4.35. The molecule has 1 atom stereocenters. The van der Waals surface area contributed by atoms with Gasteiger partial charge in [0.2, 0.25) is 0 Å². The molecule has 112 valence electrons. The van der Waals surface area contributed by atoms with Crippen molar-refractivity contribution in [3.05, 3.63) is 29.0 Å².